The first-order valence-corrected chi connectivity index (χ1v) is 17.7. The van der Waals surface area contributed by atoms with Crippen molar-refractivity contribution in [3.63, 3.8) is 0 Å². The molecule has 2 aliphatic carbocycles. The number of benzene rings is 6. The molecule has 2 unspecified atom stereocenters. The Morgan fingerprint density at radius 2 is 1.20 bits per heavy atom. The smallest absolute Gasteiger partial charge is 0.0792 e. The van der Waals surface area contributed by atoms with Gasteiger partial charge in [0.1, 0.15) is 0 Å². The van der Waals surface area contributed by atoms with Gasteiger partial charge in [0.05, 0.1) is 11.2 Å². The predicted molar refractivity (Wildman–Crippen MR) is 213 cm³/mol. The lowest BCUT2D eigenvalue weighted by Gasteiger charge is -2.44. The van der Waals surface area contributed by atoms with Crippen molar-refractivity contribution >= 4 is 38.0 Å². The second kappa shape index (κ2) is 11.6. The molecule has 0 amide bonds. The van der Waals surface area contributed by atoms with Gasteiger partial charge in [-0.1, -0.05) is 159 Å². The van der Waals surface area contributed by atoms with Crippen LogP contribution >= 0.6 is 0 Å². The minimum Gasteiger partial charge on any atom is -0.256 e. The molecule has 0 bridgehead atoms. The predicted octanol–water partition coefficient (Wildman–Crippen LogP) is 12.1. The molecule has 8 aromatic rings. The van der Waals surface area contributed by atoms with Gasteiger partial charge >= 0.3 is 0 Å². The lowest BCUT2D eigenvalue weighted by molar-refractivity contribution is 0.460. The third-order valence-corrected chi connectivity index (χ3v) is 11.2. The van der Waals surface area contributed by atoms with Crippen LogP contribution in [0.15, 0.2) is 188 Å². The Kier molecular flexibility index (Phi) is 6.72. The van der Waals surface area contributed by atoms with Crippen molar-refractivity contribution in [1.82, 2.24) is 9.97 Å². The van der Waals surface area contributed by atoms with Gasteiger partial charge in [0.25, 0.3) is 0 Å². The van der Waals surface area contributed by atoms with Crippen LogP contribution in [0.2, 0.25) is 0 Å². The standard InChI is InChI=1S/C49H34N2/c1-49(42-21-10-9-19-40(42)46(48-43(49)22-12-30-51-48)36-24-23-32-13-5-6-16-35(32)31-36)37-27-25-34(26-28-37)44-38-17-7-8-18-39(38)45(33-14-3-2-4-15-33)47-41(44)20-11-29-50-47/h2-31,42H,1H3. The minimum absolute atomic E-state index is 0.141. The zero-order valence-corrected chi connectivity index (χ0v) is 28.3. The molecule has 0 saturated carbocycles. The van der Waals surface area contributed by atoms with Crippen LogP contribution in [0.25, 0.3) is 60.3 Å². The molecule has 2 nitrogen and oxygen atoms in total. The van der Waals surface area contributed by atoms with E-state index in [9.17, 15) is 0 Å². The summed E-state index contributed by atoms with van der Waals surface area (Å²) in [5, 5.41) is 6.09. The first-order valence-electron chi connectivity index (χ1n) is 17.7. The molecule has 0 N–H and O–H groups in total. The second-order valence-electron chi connectivity index (χ2n) is 13.9. The topological polar surface area (TPSA) is 25.8 Å². The first-order chi connectivity index (χ1) is 25.2. The molecular weight excluding hydrogens is 617 g/mol. The van der Waals surface area contributed by atoms with Crippen molar-refractivity contribution in [2.75, 3.05) is 0 Å². The molecule has 0 fully saturated rings. The molecule has 0 radical (unpaired) electrons. The number of hydrogen-bond donors (Lipinski definition) is 0. The Balaban J connectivity index is 1.15. The summed E-state index contributed by atoms with van der Waals surface area (Å²) >= 11 is 0. The van der Waals surface area contributed by atoms with E-state index in [1.165, 1.54) is 71.6 Å². The normalized spacial score (nSPS) is 17.9. The van der Waals surface area contributed by atoms with E-state index in [-0.39, 0.29) is 11.3 Å². The van der Waals surface area contributed by atoms with E-state index in [1.807, 2.05) is 12.4 Å². The van der Waals surface area contributed by atoms with E-state index < -0.39 is 0 Å². The summed E-state index contributed by atoms with van der Waals surface area (Å²) in [6.45, 7) is 2.40. The Bertz CT molecular complexity index is 2690. The Morgan fingerprint density at radius 3 is 2.04 bits per heavy atom. The first kappa shape index (κ1) is 29.5. The average molecular weight is 651 g/mol. The highest BCUT2D eigenvalue weighted by Crippen LogP contribution is 2.53. The SMILES string of the molecule is CC1(c2ccc(-c3c4ccccc4c(-c4ccccc4)c4ncccc34)cc2)c2cccnc2C(c2ccc3ccccc3c2)=C2C=CC=CC21. The summed E-state index contributed by atoms with van der Waals surface area (Å²) in [5.41, 5.74) is 12.8. The molecule has 2 aliphatic rings. The van der Waals surface area contributed by atoms with Gasteiger partial charge in [0.2, 0.25) is 0 Å². The molecule has 2 aromatic heterocycles. The van der Waals surface area contributed by atoms with Crippen LogP contribution in [0.3, 0.4) is 0 Å². The van der Waals surface area contributed by atoms with E-state index in [4.69, 9.17) is 9.97 Å². The third-order valence-electron chi connectivity index (χ3n) is 11.2. The molecular formula is C49H34N2. The quantitative estimate of drug-likeness (QED) is 0.177. The van der Waals surface area contributed by atoms with Gasteiger partial charge in [-0.15, -0.1) is 0 Å². The lowest BCUT2D eigenvalue weighted by atomic mass is 9.58. The van der Waals surface area contributed by atoms with E-state index in [0.29, 0.717) is 0 Å². The summed E-state index contributed by atoms with van der Waals surface area (Å²) in [6, 6.07) is 52.8. The van der Waals surface area contributed by atoms with Crippen LogP contribution in [-0.2, 0) is 5.41 Å². The number of allylic oxidation sites excluding steroid dienone is 5. The largest absolute Gasteiger partial charge is 0.256 e. The van der Waals surface area contributed by atoms with Crippen LogP contribution in [0, 0.1) is 5.92 Å². The molecule has 2 atom stereocenters. The van der Waals surface area contributed by atoms with Crippen LogP contribution in [0.4, 0.5) is 0 Å². The fourth-order valence-electron chi connectivity index (χ4n) is 8.78. The van der Waals surface area contributed by atoms with Gasteiger partial charge in [0, 0.05) is 40.2 Å². The van der Waals surface area contributed by atoms with Gasteiger partial charge in [-0.25, -0.2) is 0 Å². The fraction of sp³-hybridized carbons (Fsp3) is 0.0612. The second-order valence-corrected chi connectivity index (χ2v) is 13.9. The van der Waals surface area contributed by atoms with Gasteiger partial charge in [-0.3, -0.25) is 9.97 Å². The van der Waals surface area contributed by atoms with Crippen LogP contribution in [-0.4, -0.2) is 9.97 Å². The summed E-state index contributed by atoms with van der Waals surface area (Å²) < 4.78 is 0. The zero-order valence-electron chi connectivity index (χ0n) is 28.3. The van der Waals surface area contributed by atoms with Crippen molar-refractivity contribution in [3.8, 4) is 22.3 Å². The third kappa shape index (κ3) is 4.50. The molecule has 10 rings (SSSR count). The van der Waals surface area contributed by atoms with Crippen molar-refractivity contribution in [2.24, 2.45) is 5.92 Å². The molecule has 6 aromatic carbocycles. The van der Waals surface area contributed by atoms with Gasteiger partial charge in [-0.2, -0.15) is 0 Å². The van der Waals surface area contributed by atoms with Gasteiger partial charge in [-0.05, 0) is 78.7 Å². The Hall–Kier alpha value is -6.38. The van der Waals surface area contributed by atoms with Crippen LogP contribution < -0.4 is 0 Å². The van der Waals surface area contributed by atoms with Gasteiger partial charge < -0.3 is 0 Å². The summed E-state index contributed by atoms with van der Waals surface area (Å²) in [7, 11) is 0. The minimum atomic E-state index is -0.331. The number of aromatic nitrogens is 2. The highest BCUT2D eigenvalue weighted by molar-refractivity contribution is 6.20. The number of fused-ring (bicyclic) bond motifs is 5. The van der Waals surface area contributed by atoms with Crippen molar-refractivity contribution < 1.29 is 0 Å². The molecule has 0 saturated heterocycles. The maximum Gasteiger partial charge on any atom is 0.0792 e. The van der Waals surface area contributed by atoms with E-state index in [2.05, 4.69) is 177 Å². The highest BCUT2D eigenvalue weighted by atomic mass is 14.7. The molecule has 0 spiro atoms. The Morgan fingerprint density at radius 1 is 0.529 bits per heavy atom. The van der Waals surface area contributed by atoms with E-state index >= 15 is 0 Å². The van der Waals surface area contributed by atoms with Crippen LogP contribution in [0.5, 0.6) is 0 Å². The number of nitrogens with zero attached hydrogens (tertiary/aromatic N) is 2. The van der Waals surface area contributed by atoms with Crippen molar-refractivity contribution in [3.05, 3.63) is 210 Å². The number of pyridine rings is 2. The van der Waals surface area contributed by atoms with Crippen molar-refractivity contribution in [1.29, 1.82) is 0 Å². The molecule has 0 aliphatic heterocycles. The van der Waals surface area contributed by atoms with Crippen molar-refractivity contribution in [2.45, 2.75) is 12.3 Å². The van der Waals surface area contributed by atoms with Crippen LogP contribution in [0.1, 0.15) is 29.3 Å². The maximum absolute atomic E-state index is 5.11. The highest BCUT2D eigenvalue weighted by Gasteiger charge is 2.45. The molecule has 51 heavy (non-hydrogen) atoms. The molecule has 240 valence electrons. The maximum atomic E-state index is 5.11. The molecule has 2 heteroatoms. The van der Waals surface area contributed by atoms with E-state index in [0.717, 1.165) is 16.6 Å². The lowest BCUT2D eigenvalue weighted by Crippen LogP contribution is -2.38. The average Bonchev–Trinajstić information content (AvgIpc) is 3.20. The number of hydrogen-bond acceptors (Lipinski definition) is 2. The molecule has 2 heterocycles. The monoisotopic (exact) mass is 650 g/mol. The zero-order chi connectivity index (χ0) is 33.9. The van der Waals surface area contributed by atoms with E-state index in [1.54, 1.807) is 0 Å². The fourth-order valence-corrected chi connectivity index (χ4v) is 8.78. The summed E-state index contributed by atoms with van der Waals surface area (Å²) in [6.07, 6.45) is 12.9. The number of rotatable bonds is 4. The van der Waals surface area contributed by atoms with Gasteiger partial charge in [0.15, 0.2) is 0 Å². The Labute approximate surface area is 297 Å². The summed E-state index contributed by atoms with van der Waals surface area (Å²) in [5.74, 6) is 0.141. The summed E-state index contributed by atoms with van der Waals surface area (Å²) in [4.78, 5) is 10.1.